The summed E-state index contributed by atoms with van der Waals surface area (Å²) in [6.45, 7) is 4.57. The van der Waals surface area contributed by atoms with Crippen LogP contribution in [0.1, 0.15) is 39.5 Å². The minimum Gasteiger partial charge on any atom is -0.150 e. The maximum Gasteiger partial charge on any atom is 0.0443 e. The third-order valence-corrected chi connectivity index (χ3v) is 5.37. The van der Waals surface area contributed by atoms with E-state index >= 15 is 0 Å². The average Bonchev–Trinajstić information content (AvgIpc) is 2.83. The van der Waals surface area contributed by atoms with Crippen molar-refractivity contribution >= 4 is 11.8 Å². The molecule has 0 aromatic carbocycles. The van der Waals surface area contributed by atoms with Gasteiger partial charge in [-0.3, -0.25) is 0 Å². The van der Waals surface area contributed by atoms with Gasteiger partial charge in [-0.25, -0.2) is 0 Å². The van der Waals surface area contributed by atoms with Crippen molar-refractivity contribution in [3.63, 3.8) is 0 Å². The number of hydrogen-bond acceptors (Lipinski definition) is 1. The SMILES string of the molecule is CCCSC1(CC2=CCC=C2)CC=CC=C1C. The fourth-order valence-electron chi connectivity index (χ4n) is 2.48. The van der Waals surface area contributed by atoms with Crippen molar-refractivity contribution in [2.75, 3.05) is 5.75 Å². The quantitative estimate of drug-likeness (QED) is 0.654. The second-order valence-electron chi connectivity index (χ2n) is 4.92. The molecule has 92 valence electrons. The molecule has 0 aromatic heterocycles. The zero-order valence-electron chi connectivity index (χ0n) is 10.9. The summed E-state index contributed by atoms with van der Waals surface area (Å²) < 4.78 is 0.325. The highest BCUT2D eigenvalue weighted by molar-refractivity contribution is 8.00. The van der Waals surface area contributed by atoms with Crippen molar-refractivity contribution in [1.82, 2.24) is 0 Å². The summed E-state index contributed by atoms with van der Waals surface area (Å²) in [6, 6.07) is 0. The first-order valence-corrected chi connectivity index (χ1v) is 7.59. The first-order chi connectivity index (χ1) is 8.27. The average molecular weight is 246 g/mol. The van der Waals surface area contributed by atoms with Gasteiger partial charge >= 0.3 is 0 Å². The van der Waals surface area contributed by atoms with Crippen molar-refractivity contribution in [1.29, 1.82) is 0 Å². The molecule has 0 fully saturated rings. The van der Waals surface area contributed by atoms with E-state index in [4.69, 9.17) is 0 Å². The van der Waals surface area contributed by atoms with E-state index in [1.165, 1.54) is 30.6 Å². The molecule has 0 aromatic rings. The zero-order valence-corrected chi connectivity index (χ0v) is 11.7. The predicted octanol–water partition coefficient (Wildman–Crippen LogP) is 5.05. The summed E-state index contributed by atoms with van der Waals surface area (Å²) >= 11 is 2.15. The van der Waals surface area contributed by atoms with E-state index < -0.39 is 0 Å². The molecule has 0 amide bonds. The lowest BCUT2D eigenvalue weighted by atomic mass is 9.86. The number of hydrogen-bond donors (Lipinski definition) is 0. The van der Waals surface area contributed by atoms with Gasteiger partial charge in [0.25, 0.3) is 0 Å². The molecule has 2 aliphatic carbocycles. The Kier molecular flexibility index (Phi) is 4.33. The van der Waals surface area contributed by atoms with Crippen LogP contribution in [-0.2, 0) is 0 Å². The Hall–Kier alpha value is -0.690. The van der Waals surface area contributed by atoms with Crippen LogP contribution in [0.2, 0.25) is 0 Å². The molecule has 1 heteroatoms. The molecular formula is C16H22S. The summed E-state index contributed by atoms with van der Waals surface area (Å²) in [5.74, 6) is 1.26. The summed E-state index contributed by atoms with van der Waals surface area (Å²) in [5, 5.41) is 0. The van der Waals surface area contributed by atoms with Gasteiger partial charge in [0.15, 0.2) is 0 Å². The van der Waals surface area contributed by atoms with Crippen LogP contribution < -0.4 is 0 Å². The standard InChI is InChI=1S/C16H22S/c1-3-12-17-16(11-7-6-8-14(16)2)13-15-9-4-5-10-15/h4,6-10H,3,5,11-13H2,1-2H3. The highest BCUT2D eigenvalue weighted by Gasteiger charge is 2.33. The van der Waals surface area contributed by atoms with Gasteiger partial charge in [0, 0.05) is 4.75 Å². The lowest BCUT2D eigenvalue weighted by Gasteiger charge is -2.35. The van der Waals surface area contributed by atoms with Crippen LogP contribution in [0.4, 0.5) is 0 Å². The normalized spacial score (nSPS) is 27.2. The first-order valence-electron chi connectivity index (χ1n) is 6.60. The lowest BCUT2D eigenvalue weighted by Crippen LogP contribution is -2.28. The lowest BCUT2D eigenvalue weighted by molar-refractivity contribution is 0.670. The van der Waals surface area contributed by atoms with Crippen molar-refractivity contribution < 1.29 is 0 Å². The van der Waals surface area contributed by atoms with E-state index in [1.807, 2.05) is 0 Å². The second kappa shape index (κ2) is 5.77. The smallest absolute Gasteiger partial charge is 0.0443 e. The van der Waals surface area contributed by atoms with Crippen LogP contribution in [0, 0.1) is 0 Å². The minimum atomic E-state index is 0.325. The van der Waals surface area contributed by atoms with Crippen LogP contribution in [0.3, 0.4) is 0 Å². The van der Waals surface area contributed by atoms with Gasteiger partial charge in [-0.05, 0) is 38.4 Å². The van der Waals surface area contributed by atoms with Crippen LogP contribution in [0.25, 0.3) is 0 Å². The van der Waals surface area contributed by atoms with Crippen molar-refractivity contribution in [2.24, 2.45) is 0 Å². The maximum atomic E-state index is 2.37. The van der Waals surface area contributed by atoms with Gasteiger partial charge < -0.3 is 0 Å². The minimum absolute atomic E-state index is 0.325. The van der Waals surface area contributed by atoms with Crippen LogP contribution >= 0.6 is 11.8 Å². The van der Waals surface area contributed by atoms with Crippen LogP contribution in [-0.4, -0.2) is 10.5 Å². The molecule has 0 spiro atoms. The molecule has 0 saturated heterocycles. The predicted molar refractivity (Wildman–Crippen MR) is 79.5 cm³/mol. The fourth-order valence-corrected chi connectivity index (χ4v) is 3.86. The highest BCUT2D eigenvalue weighted by atomic mass is 32.2. The Bertz CT molecular complexity index is 384. The van der Waals surface area contributed by atoms with E-state index in [-0.39, 0.29) is 0 Å². The first kappa shape index (κ1) is 12.8. The number of rotatable bonds is 5. The Labute approximate surface area is 110 Å². The third-order valence-electron chi connectivity index (χ3n) is 3.57. The largest absolute Gasteiger partial charge is 0.150 e. The Morgan fingerprint density at radius 1 is 1.35 bits per heavy atom. The summed E-state index contributed by atoms with van der Waals surface area (Å²) in [5.41, 5.74) is 3.07. The Morgan fingerprint density at radius 3 is 2.88 bits per heavy atom. The maximum absolute atomic E-state index is 2.37. The second-order valence-corrected chi connectivity index (χ2v) is 6.40. The molecule has 0 radical (unpaired) electrons. The number of thioether (sulfide) groups is 1. The molecule has 2 rings (SSSR count). The summed E-state index contributed by atoms with van der Waals surface area (Å²) in [4.78, 5) is 0. The Balaban J connectivity index is 2.14. The van der Waals surface area contributed by atoms with Crippen molar-refractivity contribution in [3.8, 4) is 0 Å². The zero-order chi connectivity index (χ0) is 12.1. The molecule has 0 N–H and O–H groups in total. The van der Waals surface area contributed by atoms with Crippen LogP contribution in [0.15, 0.2) is 47.6 Å². The molecule has 0 nitrogen and oxygen atoms in total. The van der Waals surface area contributed by atoms with Crippen LogP contribution in [0.5, 0.6) is 0 Å². The van der Waals surface area contributed by atoms with Crippen molar-refractivity contribution in [2.45, 2.75) is 44.3 Å². The monoisotopic (exact) mass is 246 g/mol. The highest BCUT2D eigenvalue weighted by Crippen LogP contribution is 2.44. The van der Waals surface area contributed by atoms with Gasteiger partial charge in [-0.15, -0.1) is 0 Å². The van der Waals surface area contributed by atoms with Gasteiger partial charge in [-0.2, -0.15) is 11.8 Å². The molecule has 2 aliphatic rings. The molecule has 0 aliphatic heterocycles. The van der Waals surface area contributed by atoms with E-state index in [2.05, 4.69) is 62.1 Å². The third kappa shape index (κ3) is 2.95. The summed E-state index contributed by atoms with van der Waals surface area (Å²) in [6.07, 6.45) is 18.6. The molecule has 0 heterocycles. The molecular weight excluding hydrogens is 224 g/mol. The van der Waals surface area contributed by atoms with Gasteiger partial charge in [0.2, 0.25) is 0 Å². The van der Waals surface area contributed by atoms with Gasteiger partial charge in [0.1, 0.15) is 0 Å². The fraction of sp³-hybridized carbons (Fsp3) is 0.500. The topological polar surface area (TPSA) is 0 Å². The molecule has 1 atom stereocenters. The van der Waals surface area contributed by atoms with Crippen molar-refractivity contribution in [3.05, 3.63) is 47.6 Å². The molecule has 17 heavy (non-hydrogen) atoms. The van der Waals surface area contributed by atoms with E-state index in [9.17, 15) is 0 Å². The molecule has 1 unspecified atom stereocenters. The Morgan fingerprint density at radius 2 is 2.24 bits per heavy atom. The summed E-state index contributed by atoms with van der Waals surface area (Å²) in [7, 11) is 0. The molecule has 0 saturated carbocycles. The van der Waals surface area contributed by atoms with E-state index in [1.54, 1.807) is 5.57 Å². The van der Waals surface area contributed by atoms with E-state index in [0.29, 0.717) is 4.75 Å². The van der Waals surface area contributed by atoms with Gasteiger partial charge in [-0.1, -0.05) is 54.5 Å². The van der Waals surface area contributed by atoms with E-state index in [0.717, 1.165) is 6.42 Å². The number of allylic oxidation sites excluding steroid dienone is 7. The molecule has 0 bridgehead atoms. The van der Waals surface area contributed by atoms with Gasteiger partial charge in [0.05, 0.1) is 0 Å².